The number of aromatic amines is 1. The van der Waals surface area contributed by atoms with Gasteiger partial charge in [0.2, 0.25) is 0 Å². The Bertz CT molecular complexity index is 1240. The second-order valence-corrected chi connectivity index (χ2v) is 6.01. The van der Waals surface area contributed by atoms with Gasteiger partial charge in [0.05, 0.1) is 11.1 Å². The molecule has 0 aliphatic heterocycles. The molecule has 2 aromatic carbocycles. The molecule has 0 unspecified atom stereocenters. The van der Waals surface area contributed by atoms with E-state index >= 15 is 0 Å². The van der Waals surface area contributed by atoms with Crippen molar-refractivity contribution in [2.45, 2.75) is 0 Å². The van der Waals surface area contributed by atoms with Gasteiger partial charge in [0.1, 0.15) is 5.75 Å². The molecule has 2 aromatic heterocycles. The van der Waals surface area contributed by atoms with Crippen molar-refractivity contribution < 1.29 is 18.3 Å². The molecule has 0 aliphatic carbocycles. The van der Waals surface area contributed by atoms with E-state index in [0.29, 0.717) is 22.6 Å². The summed E-state index contributed by atoms with van der Waals surface area (Å²) in [5, 5.41) is 0.0599. The van der Waals surface area contributed by atoms with E-state index in [1.165, 1.54) is 12.3 Å². The van der Waals surface area contributed by atoms with E-state index in [4.69, 9.17) is 4.74 Å². The summed E-state index contributed by atoms with van der Waals surface area (Å²) in [7, 11) is 0. The highest BCUT2D eigenvalue weighted by molar-refractivity contribution is 5.90. The SMILES string of the molecule is O=C(Oc1ccc(-c2cc(=O)c3cc(F)c(F)cc3[nH]2)cc1)c1cccnc1. The van der Waals surface area contributed by atoms with E-state index in [9.17, 15) is 18.4 Å². The van der Waals surface area contributed by atoms with E-state index in [-0.39, 0.29) is 10.9 Å². The molecule has 4 rings (SSSR count). The highest BCUT2D eigenvalue weighted by Gasteiger charge is 2.11. The second kappa shape index (κ2) is 7.03. The van der Waals surface area contributed by atoms with Crippen LogP contribution in [-0.4, -0.2) is 15.9 Å². The number of H-pyrrole nitrogens is 1. The van der Waals surface area contributed by atoms with Gasteiger partial charge in [-0.25, -0.2) is 13.6 Å². The van der Waals surface area contributed by atoms with Crippen molar-refractivity contribution in [3.05, 3.63) is 94.4 Å². The molecule has 4 aromatic rings. The molecule has 5 nitrogen and oxygen atoms in total. The molecule has 0 amide bonds. The van der Waals surface area contributed by atoms with Gasteiger partial charge in [-0.3, -0.25) is 9.78 Å². The Labute approximate surface area is 157 Å². The van der Waals surface area contributed by atoms with Crippen LogP contribution < -0.4 is 10.2 Å². The van der Waals surface area contributed by atoms with Gasteiger partial charge in [-0.05, 0) is 48.0 Å². The molecule has 0 spiro atoms. The van der Waals surface area contributed by atoms with Gasteiger partial charge >= 0.3 is 5.97 Å². The molecule has 2 heterocycles. The van der Waals surface area contributed by atoms with E-state index in [1.807, 2.05) is 0 Å². The van der Waals surface area contributed by atoms with Crippen molar-refractivity contribution in [3.63, 3.8) is 0 Å². The third-order valence-corrected chi connectivity index (χ3v) is 4.14. The fraction of sp³-hybridized carbons (Fsp3) is 0. The van der Waals surface area contributed by atoms with Crippen LogP contribution in [0.4, 0.5) is 8.78 Å². The molecule has 7 heteroatoms. The number of aromatic nitrogens is 2. The molecule has 0 bridgehead atoms. The number of hydrogen-bond acceptors (Lipinski definition) is 4. The Morgan fingerprint density at radius 2 is 1.75 bits per heavy atom. The zero-order chi connectivity index (χ0) is 19.7. The first kappa shape index (κ1) is 17.5. The number of nitrogens with zero attached hydrogens (tertiary/aromatic N) is 1. The monoisotopic (exact) mass is 378 g/mol. The molecule has 0 radical (unpaired) electrons. The Morgan fingerprint density at radius 3 is 2.46 bits per heavy atom. The van der Waals surface area contributed by atoms with Gasteiger partial charge < -0.3 is 9.72 Å². The molecule has 0 saturated heterocycles. The number of carbonyl (C=O) groups excluding carboxylic acids is 1. The van der Waals surface area contributed by atoms with Crippen molar-refractivity contribution >= 4 is 16.9 Å². The summed E-state index contributed by atoms with van der Waals surface area (Å²) in [6.07, 6.45) is 2.95. The third kappa shape index (κ3) is 3.37. The lowest BCUT2D eigenvalue weighted by molar-refractivity contribution is 0.0734. The number of rotatable bonds is 3. The predicted octanol–water partition coefficient (Wildman–Crippen LogP) is 4.09. The largest absolute Gasteiger partial charge is 0.423 e. The van der Waals surface area contributed by atoms with Crippen molar-refractivity contribution in [2.24, 2.45) is 0 Å². The summed E-state index contributed by atoms with van der Waals surface area (Å²) in [4.78, 5) is 31.0. The number of nitrogens with one attached hydrogen (secondary N) is 1. The number of hydrogen-bond donors (Lipinski definition) is 1. The summed E-state index contributed by atoms with van der Waals surface area (Å²) < 4.78 is 32.1. The highest BCUT2D eigenvalue weighted by Crippen LogP contribution is 2.23. The molecule has 0 saturated carbocycles. The van der Waals surface area contributed by atoms with Crippen LogP contribution in [0.1, 0.15) is 10.4 Å². The Hall–Kier alpha value is -3.87. The summed E-state index contributed by atoms with van der Waals surface area (Å²) in [5.41, 5.74) is 1.11. The summed E-state index contributed by atoms with van der Waals surface area (Å²) in [5.74, 6) is -2.35. The smallest absolute Gasteiger partial charge is 0.345 e. The molecular weight excluding hydrogens is 366 g/mol. The lowest BCUT2D eigenvalue weighted by atomic mass is 10.1. The maximum atomic E-state index is 13.5. The van der Waals surface area contributed by atoms with Gasteiger partial charge in [-0.1, -0.05) is 0 Å². The molecule has 0 fully saturated rings. The molecule has 0 atom stereocenters. The first-order valence-corrected chi connectivity index (χ1v) is 8.26. The van der Waals surface area contributed by atoms with Crippen LogP contribution in [0.5, 0.6) is 5.75 Å². The minimum Gasteiger partial charge on any atom is -0.423 e. The molecule has 1 N–H and O–H groups in total. The first-order valence-electron chi connectivity index (χ1n) is 8.26. The third-order valence-electron chi connectivity index (χ3n) is 4.14. The fourth-order valence-electron chi connectivity index (χ4n) is 2.75. The van der Waals surface area contributed by atoms with Gasteiger partial charge in [-0.15, -0.1) is 0 Å². The van der Waals surface area contributed by atoms with E-state index in [0.717, 1.165) is 12.1 Å². The zero-order valence-electron chi connectivity index (χ0n) is 14.3. The minimum absolute atomic E-state index is 0.0599. The van der Waals surface area contributed by atoms with Crippen LogP contribution in [0.25, 0.3) is 22.2 Å². The van der Waals surface area contributed by atoms with Gasteiger partial charge in [0.25, 0.3) is 0 Å². The number of fused-ring (bicyclic) bond motifs is 1. The maximum absolute atomic E-state index is 13.5. The van der Waals surface area contributed by atoms with E-state index < -0.39 is 23.0 Å². The lowest BCUT2D eigenvalue weighted by Crippen LogP contribution is -2.08. The van der Waals surface area contributed by atoms with Crippen LogP contribution in [0, 0.1) is 11.6 Å². The summed E-state index contributed by atoms with van der Waals surface area (Å²) >= 11 is 0. The van der Waals surface area contributed by atoms with E-state index in [2.05, 4.69) is 9.97 Å². The van der Waals surface area contributed by atoms with Crippen LogP contribution in [-0.2, 0) is 0 Å². The number of halogens is 2. The summed E-state index contributed by atoms with van der Waals surface area (Å²) in [6.45, 7) is 0. The predicted molar refractivity (Wildman–Crippen MR) is 99.1 cm³/mol. The standard InChI is InChI=1S/C21H12F2N2O3/c22-16-8-15-19(9-17(16)23)25-18(10-20(15)26)12-3-5-14(6-4-12)28-21(27)13-2-1-7-24-11-13/h1-11H,(H,25,26). The van der Waals surface area contributed by atoms with Crippen molar-refractivity contribution in [2.75, 3.05) is 0 Å². The quantitative estimate of drug-likeness (QED) is 0.431. The average Bonchev–Trinajstić information content (AvgIpc) is 2.70. The molecule has 138 valence electrons. The second-order valence-electron chi connectivity index (χ2n) is 6.01. The van der Waals surface area contributed by atoms with Crippen molar-refractivity contribution in [1.82, 2.24) is 9.97 Å². The van der Waals surface area contributed by atoms with Crippen LogP contribution in [0.2, 0.25) is 0 Å². The summed E-state index contributed by atoms with van der Waals surface area (Å²) in [6, 6.07) is 12.8. The number of carbonyl (C=O) groups is 1. The van der Waals surface area contributed by atoms with Crippen LogP contribution in [0.15, 0.2) is 71.8 Å². The maximum Gasteiger partial charge on any atom is 0.345 e. The normalized spacial score (nSPS) is 10.8. The molecule has 0 aliphatic rings. The highest BCUT2D eigenvalue weighted by atomic mass is 19.2. The lowest BCUT2D eigenvalue weighted by Gasteiger charge is -2.07. The van der Waals surface area contributed by atoms with Crippen molar-refractivity contribution in [1.29, 1.82) is 0 Å². The zero-order valence-corrected chi connectivity index (χ0v) is 14.3. The molecule has 28 heavy (non-hydrogen) atoms. The Balaban J connectivity index is 1.63. The van der Waals surface area contributed by atoms with E-state index in [1.54, 1.807) is 42.6 Å². The van der Waals surface area contributed by atoms with Crippen molar-refractivity contribution in [3.8, 4) is 17.0 Å². The number of pyridine rings is 2. The van der Waals surface area contributed by atoms with Gasteiger partial charge in [-0.2, -0.15) is 0 Å². The number of ether oxygens (including phenoxy) is 1. The fourth-order valence-corrected chi connectivity index (χ4v) is 2.75. The minimum atomic E-state index is -1.08. The number of esters is 1. The van der Waals surface area contributed by atoms with Crippen LogP contribution >= 0.6 is 0 Å². The average molecular weight is 378 g/mol. The van der Waals surface area contributed by atoms with Gasteiger partial charge in [0, 0.05) is 35.6 Å². The molecular formula is C21H12F2N2O3. The van der Waals surface area contributed by atoms with Gasteiger partial charge in [0.15, 0.2) is 17.1 Å². The first-order chi connectivity index (χ1) is 13.5. The Kier molecular flexibility index (Phi) is 4.41. The number of benzene rings is 2. The topological polar surface area (TPSA) is 72.1 Å². The van der Waals surface area contributed by atoms with Crippen LogP contribution in [0.3, 0.4) is 0 Å². The Morgan fingerprint density at radius 1 is 1.00 bits per heavy atom.